The van der Waals surface area contributed by atoms with Crippen molar-refractivity contribution in [1.29, 1.82) is 0 Å². The summed E-state index contributed by atoms with van der Waals surface area (Å²) in [6.45, 7) is 4.91. The van der Waals surface area contributed by atoms with Crippen LogP contribution >= 0.6 is 0 Å². The molecule has 2 heterocycles. The first-order valence-electron chi connectivity index (χ1n) is 7.00. The number of fused-ring (bicyclic) bond motifs is 2. The van der Waals surface area contributed by atoms with Gasteiger partial charge in [-0.2, -0.15) is 0 Å². The number of carbonyl (C=O) groups is 1. The molecule has 2 saturated heterocycles. The zero-order valence-electron chi connectivity index (χ0n) is 11.6. The maximum absolute atomic E-state index is 14.1. The lowest BCUT2D eigenvalue weighted by Crippen LogP contribution is -2.46. The van der Waals surface area contributed by atoms with Crippen LogP contribution in [0.5, 0.6) is 0 Å². The smallest absolute Gasteiger partial charge is 0.257 e. The highest BCUT2D eigenvalue weighted by molar-refractivity contribution is 5.95. The molecule has 3 nitrogen and oxygen atoms in total. The van der Waals surface area contributed by atoms with Gasteiger partial charge in [0.2, 0.25) is 0 Å². The number of likely N-dealkylation sites (tertiary alicyclic amines) is 1. The topological polar surface area (TPSA) is 32.3 Å². The third-order valence-corrected chi connectivity index (χ3v) is 4.26. The second kappa shape index (κ2) is 4.81. The van der Waals surface area contributed by atoms with Crippen molar-refractivity contribution < 1.29 is 13.6 Å². The van der Waals surface area contributed by atoms with Crippen LogP contribution in [0.4, 0.5) is 8.78 Å². The number of halogens is 2. The lowest BCUT2D eigenvalue weighted by atomic mass is 10.00. The molecule has 1 aromatic carbocycles. The molecule has 108 valence electrons. The molecule has 2 bridgehead atoms. The Morgan fingerprint density at radius 2 is 2.10 bits per heavy atom. The fourth-order valence-electron chi connectivity index (χ4n) is 3.13. The van der Waals surface area contributed by atoms with Crippen LogP contribution in [0.2, 0.25) is 0 Å². The SMILES string of the molecule is CC(C)c1cc(F)c(C(=O)N2C[C@@H]3C[C@H]2CN3)cc1F. The Balaban J connectivity index is 1.90. The number of benzene rings is 1. The third-order valence-electron chi connectivity index (χ3n) is 4.26. The molecule has 0 aromatic heterocycles. The average Bonchev–Trinajstić information content (AvgIpc) is 3.02. The number of rotatable bonds is 2. The van der Waals surface area contributed by atoms with Gasteiger partial charge in [-0.1, -0.05) is 13.8 Å². The second-order valence-corrected chi connectivity index (χ2v) is 5.96. The van der Waals surface area contributed by atoms with E-state index in [-0.39, 0.29) is 17.5 Å². The van der Waals surface area contributed by atoms with E-state index in [4.69, 9.17) is 0 Å². The summed E-state index contributed by atoms with van der Waals surface area (Å²) in [6.07, 6.45) is 0.903. The number of carbonyl (C=O) groups excluding carboxylic acids is 1. The predicted octanol–water partition coefficient (Wildman–Crippen LogP) is 2.27. The van der Waals surface area contributed by atoms with Gasteiger partial charge in [-0.25, -0.2) is 8.78 Å². The van der Waals surface area contributed by atoms with E-state index in [1.54, 1.807) is 18.7 Å². The van der Waals surface area contributed by atoms with E-state index < -0.39 is 17.5 Å². The summed E-state index contributed by atoms with van der Waals surface area (Å²) in [5, 5.41) is 3.28. The van der Waals surface area contributed by atoms with Crippen molar-refractivity contribution in [1.82, 2.24) is 10.2 Å². The Morgan fingerprint density at radius 1 is 1.35 bits per heavy atom. The van der Waals surface area contributed by atoms with Crippen molar-refractivity contribution >= 4 is 5.91 Å². The summed E-state index contributed by atoms with van der Waals surface area (Å²) in [5.41, 5.74) is 0.156. The summed E-state index contributed by atoms with van der Waals surface area (Å²) < 4.78 is 28.1. The Morgan fingerprint density at radius 3 is 2.65 bits per heavy atom. The third kappa shape index (κ3) is 2.10. The van der Waals surface area contributed by atoms with Gasteiger partial charge >= 0.3 is 0 Å². The van der Waals surface area contributed by atoms with Gasteiger partial charge in [-0.05, 0) is 30.0 Å². The second-order valence-electron chi connectivity index (χ2n) is 5.96. The van der Waals surface area contributed by atoms with Crippen molar-refractivity contribution in [2.75, 3.05) is 13.1 Å². The molecule has 0 aliphatic carbocycles. The van der Waals surface area contributed by atoms with Crippen LogP contribution in [0.15, 0.2) is 12.1 Å². The van der Waals surface area contributed by atoms with E-state index in [9.17, 15) is 13.6 Å². The molecule has 2 fully saturated rings. The standard InChI is InChI=1S/C15H18F2N2O/c1-8(2)11-4-14(17)12(5-13(11)16)15(20)19-7-9-3-10(19)6-18-9/h4-5,8-10,18H,3,6-7H2,1-2H3/t9-,10-/m0/s1. The zero-order chi connectivity index (χ0) is 14.4. The van der Waals surface area contributed by atoms with Crippen LogP contribution in [0.1, 0.15) is 42.1 Å². The molecule has 20 heavy (non-hydrogen) atoms. The van der Waals surface area contributed by atoms with Gasteiger partial charge < -0.3 is 10.2 Å². The monoisotopic (exact) mass is 280 g/mol. The minimum Gasteiger partial charge on any atom is -0.333 e. The number of hydrogen-bond donors (Lipinski definition) is 1. The van der Waals surface area contributed by atoms with Crippen LogP contribution in [0.3, 0.4) is 0 Å². The van der Waals surface area contributed by atoms with Gasteiger partial charge in [0.05, 0.1) is 5.56 Å². The Hall–Kier alpha value is -1.49. The summed E-state index contributed by atoms with van der Waals surface area (Å²) >= 11 is 0. The largest absolute Gasteiger partial charge is 0.333 e. The molecule has 0 radical (unpaired) electrons. The van der Waals surface area contributed by atoms with Crippen molar-refractivity contribution in [3.8, 4) is 0 Å². The van der Waals surface area contributed by atoms with Crippen LogP contribution in [0.25, 0.3) is 0 Å². The van der Waals surface area contributed by atoms with E-state index in [1.807, 2.05) is 0 Å². The number of nitrogens with one attached hydrogen (secondary N) is 1. The molecule has 5 heteroatoms. The fourth-order valence-corrected chi connectivity index (χ4v) is 3.13. The Kier molecular flexibility index (Phi) is 3.24. The molecule has 2 aliphatic heterocycles. The Labute approximate surface area is 117 Å². The van der Waals surface area contributed by atoms with Gasteiger partial charge in [-0.15, -0.1) is 0 Å². The van der Waals surface area contributed by atoms with Crippen LogP contribution in [-0.2, 0) is 0 Å². The number of hydrogen-bond acceptors (Lipinski definition) is 2. The molecule has 0 spiro atoms. The van der Waals surface area contributed by atoms with E-state index in [0.29, 0.717) is 18.2 Å². The summed E-state index contributed by atoms with van der Waals surface area (Å²) in [7, 11) is 0. The minimum absolute atomic E-state index is 0.111. The lowest BCUT2D eigenvalue weighted by molar-refractivity contribution is 0.0710. The first kappa shape index (κ1) is 13.5. The minimum atomic E-state index is -0.629. The maximum atomic E-state index is 14.1. The highest BCUT2D eigenvalue weighted by Gasteiger charge is 2.41. The number of nitrogens with zero attached hydrogens (tertiary/aromatic N) is 1. The summed E-state index contributed by atoms with van der Waals surface area (Å²) in [6, 6.07) is 2.61. The Bertz CT molecular complexity index is 559. The molecule has 1 N–H and O–H groups in total. The fraction of sp³-hybridized carbons (Fsp3) is 0.533. The first-order valence-corrected chi connectivity index (χ1v) is 7.00. The molecule has 1 amide bonds. The first-order chi connectivity index (χ1) is 9.47. The van der Waals surface area contributed by atoms with E-state index >= 15 is 0 Å². The summed E-state index contributed by atoms with van der Waals surface area (Å²) in [4.78, 5) is 14.0. The van der Waals surface area contributed by atoms with Crippen LogP contribution < -0.4 is 5.32 Å². The van der Waals surface area contributed by atoms with Crippen molar-refractivity contribution in [2.45, 2.75) is 38.3 Å². The molecular weight excluding hydrogens is 262 g/mol. The van der Waals surface area contributed by atoms with Crippen molar-refractivity contribution in [2.24, 2.45) is 0 Å². The lowest BCUT2D eigenvalue weighted by Gasteiger charge is -2.27. The molecule has 2 aliphatic rings. The highest BCUT2D eigenvalue weighted by Crippen LogP contribution is 2.28. The highest BCUT2D eigenvalue weighted by atomic mass is 19.1. The van der Waals surface area contributed by atoms with E-state index in [1.165, 1.54) is 0 Å². The van der Waals surface area contributed by atoms with Gasteiger partial charge in [-0.3, -0.25) is 4.79 Å². The number of piperazine rings is 1. The average molecular weight is 280 g/mol. The molecule has 3 rings (SSSR count). The van der Waals surface area contributed by atoms with E-state index in [2.05, 4.69) is 5.32 Å². The number of amides is 1. The molecule has 0 saturated carbocycles. The van der Waals surface area contributed by atoms with Crippen LogP contribution in [-0.4, -0.2) is 36.0 Å². The van der Waals surface area contributed by atoms with Crippen LogP contribution in [0, 0.1) is 11.6 Å². The van der Waals surface area contributed by atoms with E-state index in [0.717, 1.165) is 25.1 Å². The summed E-state index contributed by atoms with van der Waals surface area (Å²) in [5.74, 6) is -1.64. The van der Waals surface area contributed by atoms with Gasteiger partial charge in [0, 0.05) is 25.2 Å². The van der Waals surface area contributed by atoms with Gasteiger partial charge in [0.15, 0.2) is 0 Å². The van der Waals surface area contributed by atoms with Gasteiger partial charge in [0.25, 0.3) is 5.91 Å². The predicted molar refractivity (Wildman–Crippen MR) is 71.7 cm³/mol. The zero-order valence-corrected chi connectivity index (χ0v) is 11.6. The van der Waals surface area contributed by atoms with Crippen molar-refractivity contribution in [3.05, 3.63) is 34.9 Å². The van der Waals surface area contributed by atoms with Gasteiger partial charge in [0.1, 0.15) is 11.6 Å². The molecular formula is C15H18F2N2O. The molecule has 2 atom stereocenters. The maximum Gasteiger partial charge on any atom is 0.257 e. The quantitative estimate of drug-likeness (QED) is 0.901. The van der Waals surface area contributed by atoms with Crippen molar-refractivity contribution in [3.63, 3.8) is 0 Å². The molecule has 1 aromatic rings. The molecule has 0 unspecified atom stereocenters. The normalized spacial score (nSPS) is 24.8.